The largest absolute Gasteiger partial charge is 0.458 e. The van der Waals surface area contributed by atoms with Crippen molar-refractivity contribution in [1.29, 1.82) is 0 Å². The zero-order valence-electron chi connectivity index (χ0n) is 15.5. The molecule has 0 aromatic heterocycles. The first-order valence-corrected chi connectivity index (χ1v) is 9.37. The second kappa shape index (κ2) is 8.01. The smallest absolute Gasteiger partial charge is 0.348 e. The molecule has 0 aliphatic carbocycles. The minimum atomic E-state index is -1.80. The van der Waals surface area contributed by atoms with Gasteiger partial charge in [0.1, 0.15) is 6.10 Å². The number of piperidine rings is 1. The maximum Gasteiger partial charge on any atom is 0.348 e. The molecule has 5 heteroatoms. The van der Waals surface area contributed by atoms with Gasteiger partial charge in [0.2, 0.25) is 5.60 Å². The molecule has 1 N–H and O–H groups in total. The van der Waals surface area contributed by atoms with Crippen LogP contribution in [-0.4, -0.2) is 41.2 Å². The van der Waals surface area contributed by atoms with Gasteiger partial charge >= 0.3 is 5.97 Å². The summed E-state index contributed by atoms with van der Waals surface area (Å²) in [6.45, 7) is 0. The number of rotatable bonds is 4. The molecule has 2 aliphatic rings. The predicted molar refractivity (Wildman–Crippen MR) is 107 cm³/mol. The van der Waals surface area contributed by atoms with Gasteiger partial charge in [-0.1, -0.05) is 60.7 Å². The minimum absolute atomic E-state index is 0. The molecule has 3 atom stereocenters. The number of benzene rings is 2. The Labute approximate surface area is 166 Å². The summed E-state index contributed by atoms with van der Waals surface area (Å²) < 4.78 is 5.94. The van der Waals surface area contributed by atoms with Crippen molar-refractivity contribution in [1.82, 2.24) is 4.90 Å². The van der Waals surface area contributed by atoms with E-state index in [9.17, 15) is 9.90 Å². The van der Waals surface area contributed by atoms with Gasteiger partial charge in [0, 0.05) is 12.1 Å². The topological polar surface area (TPSA) is 49.8 Å². The summed E-state index contributed by atoms with van der Waals surface area (Å²) in [6, 6.07) is 19.0. The SMILES string of the molecule is CN1[C@H]2CC[C@@H]1[C@H](OC(=O)C(O)(c1ccccc1)c1ccccc1)CC2.Cl. The van der Waals surface area contributed by atoms with Crippen molar-refractivity contribution >= 4 is 18.4 Å². The molecule has 0 amide bonds. The van der Waals surface area contributed by atoms with Crippen molar-refractivity contribution < 1.29 is 14.6 Å². The predicted octanol–water partition coefficient (Wildman–Crippen LogP) is 3.51. The molecular formula is C22H26ClNO3. The highest BCUT2D eigenvalue weighted by Crippen LogP contribution is 2.38. The third kappa shape index (κ3) is 3.49. The Hall–Kier alpha value is -1.88. The Morgan fingerprint density at radius 2 is 1.48 bits per heavy atom. The summed E-state index contributed by atoms with van der Waals surface area (Å²) in [4.78, 5) is 15.6. The molecule has 2 aromatic carbocycles. The van der Waals surface area contributed by atoms with Gasteiger partial charge in [-0.15, -0.1) is 12.4 Å². The van der Waals surface area contributed by atoms with Gasteiger partial charge in [-0.3, -0.25) is 4.90 Å². The van der Waals surface area contributed by atoms with E-state index in [1.807, 2.05) is 36.4 Å². The molecule has 2 aromatic rings. The molecule has 0 saturated carbocycles. The van der Waals surface area contributed by atoms with Crippen molar-refractivity contribution in [2.45, 2.75) is 49.5 Å². The molecular weight excluding hydrogens is 362 g/mol. The van der Waals surface area contributed by atoms with E-state index in [-0.39, 0.29) is 24.6 Å². The quantitative estimate of drug-likeness (QED) is 0.815. The number of nitrogens with zero attached hydrogens (tertiary/aromatic N) is 1. The Bertz CT molecular complexity index is 728. The lowest BCUT2D eigenvalue weighted by Crippen LogP contribution is -2.49. The normalized spacial score (nSPS) is 24.9. The number of likely N-dealkylation sites (N-methyl/N-ethyl adjacent to an activating group) is 1. The Morgan fingerprint density at radius 1 is 0.963 bits per heavy atom. The lowest BCUT2D eigenvalue weighted by Gasteiger charge is -2.38. The Kier molecular flexibility index (Phi) is 5.89. The van der Waals surface area contributed by atoms with Crippen molar-refractivity contribution in [2.75, 3.05) is 7.05 Å². The minimum Gasteiger partial charge on any atom is -0.458 e. The molecule has 2 fully saturated rings. The van der Waals surface area contributed by atoms with E-state index < -0.39 is 11.6 Å². The van der Waals surface area contributed by atoms with Gasteiger partial charge in [-0.2, -0.15) is 0 Å². The van der Waals surface area contributed by atoms with Crippen LogP contribution in [0.4, 0.5) is 0 Å². The van der Waals surface area contributed by atoms with Gasteiger partial charge in [-0.05, 0) is 43.9 Å². The zero-order chi connectivity index (χ0) is 18.1. The summed E-state index contributed by atoms with van der Waals surface area (Å²) in [7, 11) is 2.11. The fourth-order valence-corrected chi connectivity index (χ4v) is 4.51. The van der Waals surface area contributed by atoms with E-state index >= 15 is 0 Å². The van der Waals surface area contributed by atoms with Gasteiger partial charge < -0.3 is 9.84 Å². The summed E-state index contributed by atoms with van der Waals surface area (Å²) in [5.74, 6) is -0.585. The van der Waals surface area contributed by atoms with Crippen LogP contribution < -0.4 is 0 Å². The van der Waals surface area contributed by atoms with Crippen LogP contribution in [0.25, 0.3) is 0 Å². The van der Waals surface area contributed by atoms with Gasteiger partial charge in [0.05, 0.1) is 0 Å². The van der Waals surface area contributed by atoms with Gasteiger partial charge in [0.15, 0.2) is 0 Å². The first-order valence-electron chi connectivity index (χ1n) is 9.37. The molecule has 2 heterocycles. The van der Waals surface area contributed by atoms with Crippen LogP contribution in [-0.2, 0) is 15.1 Å². The molecule has 0 spiro atoms. The molecule has 0 unspecified atom stereocenters. The average molecular weight is 388 g/mol. The average Bonchev–Trinajstić information content (AvgIpc) is 2.92. The molecule has 4 nitrogen and oxygen atoms in total. The van der Waals surface area contributed by atoms with Crippen molar-refractivity contribution in [3.8, 4) is 0 Å². The summed E-state index contributed by atoms with van der Waals surface area (Å²) in [6.07, 6.45) is 3.96. The van der Waals surface area contributed by atoms with Crippen LogP contribution >= 0.6 is 12.4 Å². The number of esters is 1. The van der Waals surface area contributed by atoms with Crippen LogP contribution in [0.1, 0.15) is 36.8 Å². The van der Waals surface area contributed by atoms with Crippen molar-refractivity contribution in [3.05, 3.63) is 71.8 Å². The van der Waals surface area contributed by atoms with Crippen molar-refractivity contribution in [2.24, 2.45) is 0 Å². The number of hydrogen-bond donors (Lipinski definition) is 1. The number of hydrogen-bond acceptors (Lipinski definition) is 4. The summed E-state index contributed by atoms with van der Waals surface area (Å²) >= 11 is 0. The first-order chi connectivity index (χ1) is 12.6. The van der Waals surface area contributed by atoms with Gasteiger partial charge in [0.25, 0.3) is 0 Å². The highest BCUT2D eigenvalue weighted by Gasteiger charge is 2.47. The lowest BCUT2D eigenvalue weighted by molar-refractivity contribution is -0.173. The Morgan fingerprint density at radius 3 is 2.04 bits per heavy atom. The van der Waals surface area contributed by atoms with Crippen LogP contribution in [0.15, 0.2) is 60.7 Å². The number of carbonyl (C=O) groups is 1. The number of aliphatic hydroxyl groups is 1. The van der Waals surface area contributed by atoms with E-state index in [0.29, 0.717) is 17.2 Å². The zero-order valence-corrected chi connectivity index (χ0v) is 16.3. The highest BCUT2D eigenvalue weighted by atomic mass is 35.5. The fourth-order valence-electron chi connectivity index (χ4n) is 4.51. The third-order valence-corrected chi connectivity index (χ3v) is 6.05. The maximum absolute atomic E-state index is 13.2. The second-order valence-corrected chi connectivity index (χ2v) is 7.43. The number of ether oxygens (including phenoxy) is 1. The molecule has 144 valence electrons. The lowest BCUT2D eigenvalue weighted by atomic mass is 9.86. The van der Waals surface area contributed by atoms with Crippen molar-refractivity contribution in [3.63, 3.8) is 0 Å². The molecule has 2 saturated heterocycles. The number of fused-ring (bicyclic) bond motifs is 2. The summed E-state index contributed by atoms with van der Waals surface area (Å²) in [5.41, 5.74) is -0.731. The fraction of sp³-hybridized carbons (Fsp3) is 0.409. The standard InChI is InChI=1S/C22H25NO3.ClH/c1-23-18-12-14-19(23)20(15-13-18)26-21(24)22(25,16-8-4-2-5-9-16)17-10-6-3-7-11-17;/h2-11,18-20,25H,12-15H2,1H3;1H/t18-,19+,20+;/m0./s1. The van der Waals surface area contributed by atoms with Crippen LogP contribution in [0.5, 0.6) is 0 Å². The van der Waals surface area contributed by atoms with E-state index in [1.54, 1.807) is 24.3 Å². The van der Waals surface area contributed by atoms with E-state index in [0.717, 1.165) is 25.7 Å². The maximum atomic E-state index is 13.2. The van der Waals surface area contributed by atoms with E-state index in [4.69, 9.17) is 4.74 Å². The van der Waals surface area contributed by atoms with E-state index in [2.05, 4.69) is 11.9 Å². The van der Waals surface area contributed by atoms with Crippen LogP contribution in [0, 0.1) is 0 Å². The van der Waals surface area contributed by atoms with Crippen LogP contribution in [0.3, 0.4) is 0 Å². The number of carbonyl (C=O) groups excluding carboxylic acids is 1. The third-order valence-electron chi connectivity index (χ3n) is 6.05. The monoisotopic (exact) mass is 387 g/mol. The second-order valence-electron chi connectivity index (χ2n) is 7.43. The van der Waals surface area contributed by atoms with E-state index in [1.165, 1.54) is 0 Å². The van der Waals surface area contributed by atoms with Gasteiger partial charge in [-0.25, -0.2) is 4.79 Å². The molecule has 4 rings (SSSR count). The first kappa shape index (κ1) is 19.9. The summed E-state index contributed by atoms with van der Waals surface area (Å²) in [5, 5.41) is 11.5. The van der Waals surface area contributed by atoms with Crippen LogP contribution in [0.2, 0.25) is 0 Å². The molecule has 27 heavy (non-hydrogen) atoms. The highest BCUT2D eigenvalue weighted by molar-refractivity contribution is 5.86. The molecule has 0 radical (unpaired) electrons. The number of halogens is 1. The molecule has 2 aliphatic heterocycles. The molecule has 2 bridgehead atoms. The Balaban J connectivity index is 0.00000210.